The monoisotopic (exact) mass is 366 g/mol. The van der Waals surface area contributed by atoms with Crippen molar-refractivity contribution in [2.24, 2.45) is 0 Å². The highest BCUT2D eigenvalue weighted by Crippen LogP contribution is 2.18. The Hall–Kier alpha value is -3.02. The van der Waals surface area contributed by atoms with Crippen LogP contribution in [0, 0.1) is 0 Å². The van der Waals surface area contributed by atoms with E-state index in [9.17, 15) is 9.59 Å². The van der Waals surface area contributed by atoms with Crippen LogP contribution in [-0.4, -0.2) is 48.9 Å². The number of hydrogen-bond acceptors (Lipinski definition) is 4. The molecule has 0 unspecified atom stereocenters. The minimum atomic E-state index is -0.306. The summed E-state index contributed by atoms with van der Waals surface area (Å²) in [5.41, 5.74) is 2.80. The summed E-state index contributed by atoms with van der Waals surface area (Å²) in [5.74, 6) is 0.00236. The van der Waals surface area contributed by atoms with E-state index in [4.69, 9.17) is 0 Å². The number of benzene rings is 2. The first-order valence-corrected chi connectivity index (χ1v) is 9.26. The average molecular weight is 366 g/mol. The van der Waals surface area contributed by atoms with E-state index >= 15 is 0 Å². The molecule has 142 valence electrons. The highest BCUT2D eigenvalue weighted by Gasteiger charge is 2.24. The number of para-hydroxylation sites is 1. The van der Waals surface area contributed by atoms with Crippen LogP contribution in [0.15, 0.2) is 54.6 Å². The second-order valence-corrected chi connectivity index (χ2v) is 6.77. The van der Waals surface area contributed by atoms with Crippen molar-refractivity contribution in [1.82, 2.24) is 4.90 Å². The number of nitrogens with zero attached hydrogens (tertiary/aromatic N) is 2. The van der Waals surface area contributed by atoms with Crippen molar-refractivity contribution >= 4 is 28.9 Å². The van der Waals surface area contributed by atoms with E-state index in [1.165, 1.54) is 12.6 Å². The van der Waals surface area contributed by atoms with Crippen LogP contribution < -0.4 is 15.5 Å². The van der Waals surface area contributed by atoms with Crippen molar-refractivity contribution in [1.29, 1.82) is 0 Å². The highest BCUT2D eigenvalue weighted by atomic mass is 16.2. The van der Waals surface area contributed by atoms with E-state index in [1.54, 1.807) is 0 Å². The van der Waals surface area contributed by atoms with Gasteiger partial charge in [0.05, 0.1) is 0 Å². The maximum atomic E-state index is 12.7. The number of carbonyl (C=O) groups excluding carboxylic acids is 2. The van der Waals surface area contributed by atoms with E-state index in [-0.39, 0.29) is 17.9 Å². The van der Waals surface area contributed by atoms with Gasteiger partial charge in [0.15, 0.2) is 0 Å². The van der Waals surface area contributed by atoms with Gasteiger partial charge in [0.25, 0.3) is 0 Å². The molecule has 1 aliphatic rings. The number of carbonyl (C=O) groups is 2. The van der Waals surface area contributed by atoms with E-state index < -0.39 is 0 Å². The first kappa shape index (κ1) is 18.8. The number of amides is 2. The highest BCUT2D eigenvalue weighted by molar-refractivity contribution is 5.89. The Morgan fingerprint density at radius 1 is 0.889 bits per heavy atom. The van der Waals surface area contributed by atoms with Gasteiger partial charge in [0.1, 0.15) is 6.04 Å². The minimum Gasteiger partial charge on any atom is -0.374 e. The summed E-state index contributed by atoms with van der Waals surface area (Å²) >= 11 is 0. The number of rotatable bonds is 5. The van der Waals surface area contributed by atoms with Crippen LogP contribution in [0.25, 0.3) is 0 Å². The van der Waals surface area contributed by atoms with Gasteiger partial charge < -0.3 is 20.4 Å². The van der Waals surface area contributed by atoms with Gasteiger partial charge in [0.2, 0.25) is 11.8 Å². The Morgan fingerprint density at radius 3 is 2.07 bits per heavy atom. The SMILES string of the molecule is CC(=O)Nc1ccc(N[C@@H](C)C(=O)N2CCN(c3ccccc3)CC2)cc1. The first-order valence-electron chi connectivity index (χ1n) is 9.26. The topological polar surface area (TPSA) is 64.7 Å². The molecule has 1 saturated heterocycles. The van der Waals surface area contributed by atoms with Crippen molar-refractivity contribution in [3.8, 4) is 0 Å². The summed E-state index contributed by atoms with van der Waals surface area (Å²) in [6.45, 7) is 6.49. The number of anilines is 3. The predicted molar refractivity (Wildman–Crippen MR) is 109 cm³/mol. The van der Waals surface area contributed by atoms with Crippen molar-refractivity contribution in [3.63, 3.8) is 0 Å². The fourth-order valence-electron chi connectivity index (χ4n) is 3.26. The van der Waals surface area contributed by atoms with Gasteiger partial charge in [0, 0.05) is 50.2 Å². The van der Waals surface area contributed by atoms with E-state index in [1.807, 2.05) is 54.3 Å². The lowest BCUT2D eigenvalue weighted by atomic mass is 10.2. The fourth-order valence-corrected chi connectivity index (χ4v) is 3.26. The summed E-state index contributed by atoms with van der Waals surface area (Å²) in [7, 11) is 0. The summed E-state index contributed by atoms with van der Waals surface area (Å²) in [5, 5.41) is 5.98. The maximum absolute atomic E-state index is 12.7. The normalized spacial score (nSPS) is 15.2. The molecule has 1 aliphatic heterocycles. The minimum absolute atomic E-state index is 0.103. The molecule has 2 N–H and O–H groups in total. The zero-order chi connectivity index (χ0) is 19.2. The van der Waals surface area contributed by atoms with Crippen LogP contribution in [0.1, 0.15) is 13.8 Å². The van der Waals surface area contributed by atoms with E-state index in [0.717, 1.165) is 37.6 Å². The Labute approximate surface area is 160 Å². The van der Waals surface area contributed by atoms with Crippen LogP contribution in [0.4, 0.5) is 17.1 Å². The number of piperazine rings is 1. The van der Waals surface area contributed by atoms with Crippen LogP contribution in [0.2, 0.25) is 0 Å². The van der Waals surface area contributed by atoms with Gasteiger partial charge in [-0.1, -0.05) is 18.2 Å². The molecule has 1 atom stereocenters. The molecule has 3 rings (SSSR count). The molecule has 6 nitrogen and oxygen atoms in total. The van der Waals surface area contributed by atoms with Crippen LogP contribution >= 0.6 is 0 Å². The van der Waals surface area contributed by atoms with Crippen LogP contribution in [-0.2, 0) is 9.59 Å². The third-order valence-corrected chi connectivity index (χ3v) is 4.67. The molecule has 0 aromatic heterocycles. The third-order valence-electron chi connectivity index (χ3n) is 4.67. The molecule has 0 radical (unpaired) electrons. The molecule has 27 heavy (non-hydrogen) atoms. The van der Waals surface area contributed by atoms with Gasteiger partial charge in [-0.3, -0.25) is 9.59 Å². The van der Waals surface area contributed by atoms with Crippen molar-refractivity contribution < 1.29 is 9.59 Å². The van der Waals surface area contributed by atoms with Crippen molar-refractivity contribution in [2.75, 3.05) is 41.7 Å². The zero-order valence-electron chi connectivity index (χ0n) is 15.8. The summed E-state index contributed by atoms with van der Waals surface area (Å²) in [4.78, 5) is 28.0. The quantitative estimate of drug-likeness (QED) is 0.854. The lowest BCUT2D eigenvalue weighted by Crippen LogP contribution is -2.52. The molecule has 1 heterocycles. The standard InChI is InChI=1S/C21H26N4O2/c1-16(22-18-8-10-19(11-9-18)23-17(2)26)21(27)25-14-12-24(13-15-25)20-6-4-3-5-7-20/h3-11,16,22H,12-15H2,1-2H3,(H,23,26)/t16-/m0/s1. The molecule has 1 fully saturated rings. The van der Waals surface area contributed by atoms with E-state index in [2.05, 4.69) is 27.7 Å². The lowest BCUT2D eigenvalue weighted by molar-refractivity contribution is -0.132. The molecule has 2 aromatic carbocycles. The third kappa shape index (κ3) is 5.00. The lowest BCUT2D eigenvalue weighted by Gasteiger charge is -2.37. The van der Waals surface area contributed by atoms with Gasteiger partial charge in [-0.2, -0.15) is 0 Å². The zero-order valence-corrected chi connectivity index (χ0v) is 15.8. The van der Waals surface area contributed by atoms with E-state index in [0.29, 0.717) is 0 Å². The predicted octanol–water partition coefficient (Wildman–Crippen LogP) is 2.79. The van der Waals surface area contributed by atoms with Gasteiger partial charge in [-0.25, -0.2) is 0 Å². The van der Waals surface area contributed by atoms with Crippen LogP contribution in [0.5, 0.6) is 0 Å². The fraction of sp³-hybridized carbons (Fsp3) is 0.333. The molecule has 0 aliphatic carbocycles. The second kappa shape index (κ2) is 8.58. The summed E-state index contributed by atoms with van der Waals surface area (Å²) in [6, 6.07) is 17.4. The number of nitrogens with one attached hydrogen (secondary N) is 2. The summed E-state index contributed by atoms with van der Waals surface area (Å²) < 4.78 is 0. The molecule has 6 heteroatoms. The summed E-state index contributed by atoms with van der Waals surface area (Å²) in [6.07, 6.45) is 0. The maximum Gasteiger partial charge on any atom is 0.244 e. The Morgan fingerprint density at radius 2 is 1.48 bits per heavy atom. The van der Waals surface area contributed by atoms with Crippen LogP contribution in [0.3, 0.4) is 0 Å². The number of hydrogen-bond donors (Lipinski definition) is 2. The van der Waals surface area contributed by atoms with Crippen molar-refractivity contribution in [3.05, 3.63) is 54.6 Å². The Balaban J connectivity index is 1.51. The molecule has 2 aromatic rings. The smallest absolute Gasteiger partial charge is 0.244 e. The second-order valence-electron chi connectivity index (χ2n) is 6.77. The molecule has 2 amide bonds. The molecule has 0 saturated carbocycles. The first-order chi connectivity index (χ1) is 13.0. The molecule has 0 bridgehead atoms. The molecular formula is C21H26N4O2. The molecular weight excluding hydrogens is 340 g/mol. The van der Waals surface area contributed by atoms with Crippen molar-refractivity contribution in [2.45, 2.75) is 19.9 Å². The van der Waals surface area contributed by atoms with Gasteiger partial charge >= 0.3 is 0 Å². The molecule has 0 spiro atoms. The Bertz CT molecular complexity index is 769. The average Bonchev–Trinajstić information content (AvgIpc) is 2.69. The van der Waals surface area contributed by atoms with Gasteiger partial charge in [-0.15, -0.1) is 0 Å². The largest absolute Gasteiger partial charge is 0.374 e. The Kier molecular flexibility index (Phi) is 5.96. The van der Waals surface area contributed by atoms with Gasteiger partial charge in [-0.05, 0) is 43.3 Å².